The van der Waals surface area contributed by atoms with Crippen LogP contribution in [0.25, 0.3) is 0 Å². The van der Waals surface area contributed by atoms with Crippen molar-refractivity contribution in [1.82, 2.24) is 4.72 Å². The summed E-state index contributed by atoms with van der Waals surface area (Å²) in [5, 5.41) is 0. The van der Waals surface area contributed by atoms with Crippen molar-refractivity contribution in [1.29, 1.82) is 0 Å². The highest BCUT2D eigenvalue weighted by molar-refractivity contribution is 9.10. The van der Waals surface area contributed by atoms with Gasteiger partial charge in [0.2, 0.25) is 10.0 Å². The third-order valence-corrected chi connectivity index (χ3v) is 4.37. The third-order valence-electron chi connectivity index (χ3n) is 2.29. The van der Waals surface area contributed by atoms with Crippen molar-refractivity contribution < 1.29 is 13.2 Å². The molecule has 1 rings (SSSR count). The van der Waals surface area contributed by atoms with E-state index in [1.165, 1.54) is 12.1 Å². The van der Waals surface area contributed by atoms with Crippen molar-refractivity contribution in [2.24, 2.45) is 0 Å². The Balaban J connectivity index is 2.89. The van der Waals surface area contributed by atoms with Crippen LogP contribution in [0.3, 0.4) is 0 Å². The molecule has 6 heteroatoms. The largest absolute Gasteiger partial charge is 0.298 e. The highest BCUT2D eigenvalue weighted by Crippen LogP contribution is 2.14. The maximum absolute atomic E-state index is 11.9. The first-order chi connectivity index (χ1) is 7.86. The van der Waals surface area contributed by atoms with Gasteiger partial charge in [0.15, 0.2) is 0 Å². The Morgan fingerprint density at radius 1 is 1.35 bits per heavy atom. The zero-order valence-corrected chi connectivity index (χ0v) is 12.0. The summed E-state index contributed by atoms with van der Waals surface area (Å²) in [7, 11) is -3.62. The summed E-state index contributed by atoms with van der Waals surface area (Å²) in [6.07, 6.45) is 0.310. The summed E-state index contributed by atoms with van der Waals surface area (Å²) in [5.41, 5.74) is 0. The molecule has 17 heavy (non-hydrogen) atoms. The molecule has 1 aromatic carbocycles. The van der Waals surface area contributed by atoms with Gasteiger partial charge in [0.1, 0.15) is 5.78 Å². The van der Waals surface area contributed by atoms with Gasteiger partial charge in [-0.05, 0) is 31.2 Å². The lowest BCUT2D eigenvalue weighted by atomic mass is 10.2. The second-order valence-corrected chi connectivity index (χ2v) is 6.25. The highest BCUT2D eigenvalue weighted by Gasteiger charge is 2.20. The van der Waals surface area contributed by atoms with Crippen LogP contribution in [0.2, 0.25) is 0 Å². The van der Waals surface area contributed by atoms with Gasteiger partial charge in [0, 0.05) is 10.9 Å². The molecule has 4 nitrogen and oxygen atoms in total. The molecule has 1 N–H and O–H groups in total. The lowest BCUT2D eigenvalue weighted by Gasteiger charge is -2.12. The predicted octanol–water partition coefficient (Wildman–Crippen LogP) is 2.09. The summed E-state index contributed by atoms with van der Waals surface area (Å²) in [6.45, 7) is 3.25. The highest BCUT2D eigenvalue weighted by atomic mass is 79.9. The molecule has 0 fully saturated rings. The zero-order chi connectivity index (χ0) is 13.1. The Bertz CT molecular complexity index is 496. The van der Waals surface area contributed by atoms with Crippen molar-refractivity contribution in [2.45, 2.75) is 31.2 Å². The van der Waals surface area contributed by atoms with Crippen molar-refractivity contribution in [2.75, 3.05) is 0 Å². The fourth-order valence-corrected chi connectivity index (χ4v) is 2.78. The molecule has 0 amide bonds. The van der Waals surface area contributed by atoms with Crippen LogP contribution in [0, 0.1) is 0 Å². The number of sulfonamides is 1. The molecule has 0 radical (unpaired) electrons. The van der Waals surface area contributed by atoms with Crippen LogP contribution in [-0.2, 0) is 14.8 Å². The summed E-state index contributed by atoms with van der Waals surface area (Å²) in [5.74, 6) is -0.134. The normalized spacial score (nSPS) is 13.4. The molecule has 0 aromatic heterocycles. The summed E-state index contributed by atoms with van der Waals surface area (Å²) in [6, 6.07) is 5.54. The van der Waals surface area contributed by atoms with E-state index in [1.807, 2.05) is 0 Å². The van der Waals surface area contributed by atoms with E-state index in [2.05, 4.69) is 20.7 Å². The van der Waals surface area contributed by atoms with E-state index in [9.17, 15) is 13.2 Å². The minimum absolute atomic E-state index is 0.134. The average Bonchev–Trinajstić information content (AvgIpc) is 2.27. The molecule has 1 unspecified atom stereocenters. The Labute approximate surface area is 110 Å². The number of ketones is 1. The number of carbonyl (C=O) groups is 1. The van der Waals surface area contributed by atoms with E-state index in [-0.39, 0.29) is 10.7 Å². The maximum atomic E-state index is 11.9. The van der Waals surface area contributed by atoms with Gasteiger partial charge in [0.25, 0.3) is 0 Å². The van der Waals surface area contributed by atoms with Crippen LogP contribution >= 0.6 is 15.9 Å². The molecule has 0 spiro atoms. The standard InChI is InChI=1S/C11H14BrNO3S/c1-3-11(14)8(2)13-17(15,16)10-6-4-9(12)5-7-10/h4-8,13H,3H2,1-2H3. The van der Waals surface area contributed by atoms with Crippen LogP contribution in [0.4, 0.5) is 0 Å². The van der Waals surface area contributed by atoms with E-state index in [0.717, 1.165) is 4.47 Å². The SMILES string of the molecule is CCC(=O)C(C)NS(=O)(=O)c1ccc(Br)cc1. The average molecular weight is 320 g/mol. The molecule has 0 saturated carbocycles. The zero-order valence-electron chi connectivity index (χ0n) is 9.60. The van der Waals surface area contributed by atoms with Gasteiger partial charge in [-0.2, -0.15) is 0 Å². The van der Waals surface area contributed by atoms with Crippen molar-refractivity contribution in [3.63, 3.8) is 0 Å². The van der Waals surface area contributed by atoms with Crippen LogP contribution in [0.5, 0.6) is 0 Å². The van der Waals surface area contributed by atoms with Crippen LogP contribution in [0.1, 0.15) is 20.3 Å². The number of hydrogen-bond donors (Lipinski definition) is 1. The molecule has 94 valence electrons. The van der Waals surface area contributed by atoms with Gasteiger partial charge in [-0.25, -0.2) is 13.1 Å². The number of rotatable bonds is 5. The van der Waals surface area contributed by atoms with Crippen LogP contribution in [0.15, 0.2) is 33.6 Å². The summed E-state index contributed by atoms with van der Waals surface area (Å²) < 4.78 is 26.9. The van der Waals surface area contributed by atoms with Crippen molar-refractivity contribution in [3.8, 4) is 0 Å². The van der Waals surface area contributed by atoms with Crippen LogP contribution < -0.4 is 4.72 Å². The second kappa shape index (κ2) is 5.75. The Morgan fingerprint density at radius 3 is 2.35 bits per heavy atom. The fourth-order valence-electron chi connectivity index (χ4n) is 1.29. The van der Waals surface area contributed by atoms with Crippen molar-refractivity contribution >= 4 is 31.7 Å². The quantitative estimate of drug-likeness (QED) is 0.904. The van der Waals surface area contributed by atoms with E-state index in [1.54, 1.807) is 26.0 Å². The topological polar surface area (TPSA) is 63.2 Å². The molecular formula is C11H14BrNO3S. The van der Waals surface area contributed by atoms with Crippen LogP contribution in [-0.4, -0.2) is 20.2 Å². The van der Waals surface area contributed by atoms with E-state index in [0.29, 0.717) is 6.42 Å². The molecule has 0 aliphatic rings. The molecule has 0 saturated heterocycles. The first-order valence-corrected chi connectivity index (χ1v) is 7.45. The molecule has 1 atom stereocenters. The molecular weight excluding hydrogens is 306 g/mol. The minimum Gasteiger partial charge on any atom is -0.298 e. The molecule has 0 heterocycles. The maximum Gasteiger partial charge on any atom is 0.241 e. The van der Waals surface area contributed by atoms with Gasteiger partial charge >= 0.3 is 0 Å². The number of carbonyl (C=O) groups excluding carboxylic acids is 1. The molecule has 1 aromatic rings. The molecule has 0 aliphatic carbocycles. The fraction of sp³-hybridized carbons (Fsp3) is 0.364. The number of hydrogen-bond acceptors (Lipinski definition) is 3. The first kappa shape index (κ1) is 14.3. The van der Waals surface area contributed by atoms with Gasteiger partial charge in [-0.15, -0.1) is 0 Å². The minimum atomic E-state index is -3.62. The van der Waals surface area contributed by atoms with E-state index in [4.69, 9.17) is 0 Å². The monoisotopic (exact) mass is 319 g/mol. The second-order valence-electron chi connectivity index (χ2n) is 3.62. The van der Waals surface area contributed by atoms with E-state index >= 15 is 0 Å². The Kier molecular flexibility index (Phi) is 4.85. The molecule has 0 bridgehead atoms. The smallest absolute Gasteiger partial charge is 0.241 e. The Hall–Kier alpha value is -0.720. The molecule has 0 aliphatic heterocycles. The lowest BCUT2D eigenvalue weighted by Crippen LogP contribution is -2.38. The number of benzene rings is 1. The number of nitrogens with one attached hydrogen (secondary N) is 1. The van der Waals surface area contributed by atoms with Gasteiger partial charge in [0.05, 0.1) is 10.9 Å². The third kappa shape index (κ3) is 3.90. The van der Waals surface area contributed by atoms with Gasteiger partial charge in [-0.1, -0.05) is 22.9 Å². The lowest BCUT2D eigenvalue weighted by molar-refractivity contribution is -0.119. The van der Waals surface area contributed by atoms with Crippen molar-refractivity contribution in [3.05, 3.63) is 28.7 Å². The summed E-state index contributed by atoms with van der Waals surface area (Å²) >= 11 is 3.23. The van der Waals surface area contributed by atoms with Gasteiger partial charge in [-0.3, -0.25) is 4.79 Å². The first-order valence-electron chi connectivity index (χ1n) is 5.17. The number of Topliss-reactive ketones (excluding diaryl/α,β-unsaturated/α-hetero) is 1. The Morgan fingerprint density at radius 2 is 1.88 bits per heavy atom. The summed E-state index contributed by atoms with van der Waals surface area (Å²) in [4.78, 5) is 11.5. The number of halogens is 1. The predicted molar refractivity (Wildman–Crippen MR) is 69.2 cm³/mol. The van der Waals surface area contributed by atoms with Gasteiger partial charge < -0.3 is 0 Å². The van der Waals surface area contributed by atoms with E-state index < -0.39 is 16.1 Å².